The smallest absolute Gasteiger partial charge is 0.271 e. The molecule has 126 valence electrons. The van der Waals surface area contributed by atoms with E-state index >= 15 is 0 Å². The fourth-order valence-corrected chi connectivity index (χ4v) is 3.77. The van der Waals surface area contributed by atoms with Gasteiger partial charge < -0.3 is 4.74 Å². The molecule has 24 heavy (non-hydrogen) atoms. The lowest BCUT2D eigenvalue weighted by Gasteiger charge is -2.24. The Kier molecular flexibility index (Phi) is 5.20. The summed E-state index contributed by atoms with van der Waals surface area (Å²) in [6.07, 6.45) is 1.44. The van der Waals surface area contributed by atoms with Gasteiger partial charge in [0.15, 0.2) is 0 Å². The first-order valence-electron chi connectivity index (χ1n) is 6.93. The number of rotatable bonds is 7. The summed E-state index contributed by atoms with van der Waals surface area (Å²) < 4.78 is 32.3. The number of ether oxygens (including phenoxy) is 1. The highest BCUT2D eigenvalue weighted by Crippen LogP contribution is 2.32. The maximum atomic E-state index is 13.1. The monoisotopic (exact) mass is 348 g/mol. The van der Waals surface area contributed by atoms with Crippen LogP contribution in [0.25, 0.3) is 0 Å². The number of hydrogen-bond donors (Lipinski definition) is 0. The number of sulfonamides is 1. The second-order valence-electron chi connectivity index (χ2n) is 4.75. The molecule has 0 spiro atoms. The summed E-state index contributed by atoms with van der Waals surface area (Å²) in [5.41, 5.74) is 0.0898. The number of anilines is 1. The minimum absolute atomic E-state index is 0.0121. The molecule has 2 aromatic carbocycles. The van der Waals surface area contributed by atoms with Crippen LogP contribution in [0.15, 0.2) is 66.1 Å². The maximum Gasteiger partial charge on any atom is 0.271 e. The number of nitro groups is 1. The Hall–Kier alpha value is -2.87. The van der Waals surface area contributed by atoms with Crippen molar-refractivity contribution in [1.82, 2.24) is 0 Å². The molecule has 0 atom stereocenters. The van der Waals surface area contributed by atoms with Crippen molar-refractivity contribution in [2.75, 3.05) is 18.0 Å². The van der Waals surface area contributed by atoms with Gasteiger partial charge in [-0.3, -0.25) is 14.4 Å². The topological polar surface area (TPSA) is 89.8 Å². The minimum atomic E-state index is -4.08. The van der Waals surface area contributed by atoms with E-state index < -0.39 is 14.9 Å². The summed E-state index contributed by atoms with van der Waals surface area (Å²) in [7, 11) is -2.78. The molecule has 0 aromatic heterocycles. The molecule has 0 aliphatic carbocycles. The van der Waals surface area contributed by atoms with Crippen LogP contribution < -0.4 is 9.04 Å². The number of nitro benzene ring substituents is 1. The van der Waals surface area contributed by atoms with E-state index in [1.165, 1.54) is 25.3 Å². The van der Waals surface area contributed by atoms with Crippen LogP contribution in [0, 0.1) is 10.1 Å². The van der Waals surface area contributed by atoms with Gasteiger partial charge >= 0.3 is 0 Å². The quantitative estimate of drug-likeness (QED) is 0.436. The van der Waals surface area contributed by atoms with Crippen molar-refractivity contribution < 1.29 is 18.1 Å². The van der Waals surface area contributed by atoms with E-state index in [0.717, 1.165) is 10.4 Å². The Labute approximate surface area is 140 Å². The Morgan fingerprint density at radius 2 is 1.92 bits per heavy atom. The molecule has 7 nitrogen and oxygen atoms in total. The average molecular weight is 348 g/mol. The molecule has 2 aromatic rings. The molecular formula is C16H16N2O5S. The highest BCUT2D eigenvalue weighted by molar-refractivity contribution is 7.93. The SMILES string of the molecule is C=CCN(c1ccccc1)S(=O)(=O)c1cc([N+](=O)[O-])ccc1OC. The van der Waals surface area contributed by atoms with Crippen molar-refractivity contribution in [3.63, 3.8) is 0 Å². The van der Waals surface area contributed by atoms with Crippen molar-refractivity contribution >= 4 is 21.4 Å². The van der Waals surface area contributed by atoms with E-state index in [1.54, 1.807) is 30.3 Å². The van der Waals surface area contributed by atoms with Gasteiger partial charge in [0.1, 0.15) is 10.6 Å². The van der Waals surface area contributed by atoms with Crippen LogP contribution >= 0.6 is 0 Å². The molecule has 0 radical (unpaired) electrons. The van der Waals surface area contributed by atoms with E-state index in [0.29, 0.717) is 5.69 Å². The highest BCUT2D eigenvalue weighted by Gasteiger charge is 2.29. The van der Waals surface area contributed by atoms with Crippen molar-refractivity contribution in [2.24, 2.45) is 0 Å². The number of non-ortho nitro benzene ring substituents is 1. The summed E-state index contributed by atoms with van der Waals surface area (Å²) >= 11 is 0. The van der Waals surface area contributed by atoms with E-state index in [9.17, 15) is 18.5 Å². The zero-order valence-electron chi connectivity index (χ0n) is 13.0. The summed E-state index contributed by atoms with van der Waals surface area (Å²) in [6, 6.07) is 11.9. The summed E-state index contributed by atoms with van der Waals surface area (Å²) in [4.78, 5) is 10.1. The summed E-state index contributed by atoms with van der Waals surface area (Å²) in [6.45, 7) is 3.59. The van der Waals surface area contributed by atoms with E-state index in [4.69, 9.17) is 4.74 Å². The van der Waals surface area contributed by atoms with Crippen molar-refractivity contribution in [3.05, 3.63) is 71.3 Å². The lowest BCUT2D eigenvalue weighted by molar-refractivity contribution is -0.385. The maximum absolute atomic E-state index is 13.1. The van der Waals surface area contributed by atoms with Gasteiger partial charge in [-0.2, -0.15) is 0 Å². The third-order valence-corrected chi connectivity index (χ3v) is 5.08. The van der Waals surface area contributed by atoms with Crippen LogP contribution in [-0.2, 0) is 10.0 Å². The second kappa shape index (κ2) is 7.14. The lowest BCUT2D eigenvalue weighted by atomic mass is 10.3. The molecule has 0 heterocycles. The Morgan fingerprint density at radius 3 is 2.46 bits per heavy atom. The number of methoxy groups -OCH3 is 1. The Bertz CT molecular complexity index is 850. The van der Waals surface area contributed by atoms with Crippen LogP contribution in [0.2, 0.25) is 0 Å². The van der Waals surface area contributed by atoms with E-state index in [1.807, 2.05) is 0 Å². The van der Waals surface area contributed by atoms with Gasteiger partial charge in [0, 0.05) is 12.1 Å². The van der Waals surface area contributed by atoms with Gasteiger partial charge in [-0.05, 0) is 18.2 Å². The number of para-hydroxylation sites is 1. The van der Waals surface area contributed by atoms with E-state index in [-0.39, 0.29) is 22.9 Å². The highest BCUT2D eigenvalue weighted by atomic mass is 32.2. The van der Waals surface area contributed by atoms with Crippen LogP contribution in [-0.4, -0.2) is 27.0 Å². The van der Waals surface area contributed by atoms with Gasteiger partial charge in [0.2, 0.25) is 0 Å². The first kappa shape index (κ1) is 17.5. The molecule has 0 N–H and O–H groups in total. The third-order valence-electron chi connectivity index (χ3n) is 3.27. The summed E-state index contributed by atoms with van der Waals surface area (Å²) in [5.74, 6) is 0.0330. The molecule has 0 saturated carbocycles. The van der Waals surface area contributed by atoms with Crippen molar-refractivity contribution in [2.45, 2.75) is 4.90 Å². The molecule has 0 unspecified atom stereocenters. The zero-order valence-corrected chi connectivity index (χ0v) is 13.8. The predicted octanol–water partition coefficient (Wildman–Crippen LogP) is 2.98. The average Bonchev–Trinajstić information content (AvgIpc) is 2.59. The van der Waals surface area contributed by atoms with Gasteiger partial charge in [0.05, 0.1) is 24.3 Å². The molecule has 0 bridgehead atoms. The molecule has 8 heteroatoms. The number of hydrogen-bond acceptors (Lipinski definition) is 5. The first-order chi connectivity index (χ1) is 11.4. The largest absolute Gasteiger partial charge is 0.495 e. The minimum Gasteiger partial charge on any atom is -0.495 e. The Morgan fingerprint density at radius 1 is 1.25 bits per heavy atom. The van der Waals surface area contributed by atoms with Crippen LogP contribution in [0.3, 0.4) is 0 Å². The molecule has 2 rings (SSSR count). The summed E-state index contributed by atoms with van der Waals surface area (Å²) in [5, 5.41) is 11.0. The number of nitrogens with zero attached hydrogens (tertiary/aromatic N) is 2. The van der Waals surface area contributed by atoms with E-state index in [2.05, 4.69) is 6.58 Å². The molecule has 0 aliphatic rings. The fourth-order valence-electron chi connectivity index (χ4n) is 2.15. The zero-order chi connectivity index (χ0) is 17.7. The molecule has 0 amide bonds. The van der Waals surface area contributed by atoms with Gasteiger partial charge in [-0.1, -0.05) is 24.3 Å². The lowest BCUT2D eigenvalue weighted by Crippen LogP contribution is -2.31. The molecular weight excluding hydrogens is 332 g/mol. The second-order valence-corrected chi connectivity index (χ2v) is 6.58. The predicted molar refractivity (Wildman–Crippen MR) is 90.8 cm³/mol. The number of benzene rings is 2. The molecule has 0 fully saturated rings. The van der Waals surface area contributed by atoms with Gasteiger partial charge in [-0.15, -0.1) is 6.58 Å². The van der Waals surface area contributed by atoms with Crippen LogP contribution in [0.1, 0.15) is 0 Å². The van der Waals surface area contributed by atoms with Crippen molar-refractivity contribution in [3.8, 4) is 5.75 Å². The molecule has 0 saturated heterocycles. The standard InChI is InChI=1S/C16H16N2O5S/c1-3-11-17(13-7-5-4-6-8-13)24(21,22)16-12-14(18(19)20)9-10-15(16)23-2/h3-10,12H,1,11H2,2H3. The third kappa shape index (κ3) is 3.38. The Balaban J connectivity index is 2.64. The van der Waals surface area contributed by atoms with Crippen LogP contribution in [0.4, 0.5) is 11.4 Å². The fraction of sp³-hybridized carbons (Fsp3) is 0.125. The van der Waals surface area contributed by atoms with Crippen molar-refractivity contribution in [1.29, 1.82) is 0 Å². The first-order valence-corrected chi connectivity index (χ1v) is 8.37. The molecule has 0 aliphatic heterocycles. The van der Waals surface area contributed by atoms with Gasteiger partial charge in [-0.25, -0.2) is 8.42 Å². The van der Waals surface area contributed by atoms with Gasteiger partial charge in [0.25, 0.3) is 15.7 Å². The normalized spacial score (nSPS) is 10.9. The van der Waals surface area contributed by atoms with Crippen LogP contribution in [0.5, 0.6) is 5.75 Å².